The molecule has 11 nitrogen and oxygen atoms in total. The van der Waals surface area contributed by atoms with Crippen LogP contribution in [-0.2, 0) is 22.6 Å². The van der Waals surface area contributed by atoms with E-state index in [4.69, 9.17) is 14.1 Å². The van der Waals surface area contributed by atoms with Crippen LogP contribution in [-0.4, -0.2) is 63.6 Å². The summed E-state index contributed by atoms with van der Waals surface area (Å²) in [5.41, 5.74) is 2.47. The van der Waals surface area contributed by atoms with Crippen LogP contribution in [0, 0.1) is 16.7 Å². The number of rotatable bonds is 11. The molecule has 0 saturated carbocycles. The van der Waals surface area contributed by atoms with Crippen molar-refractivity contribution in [3.05, 3.63) is 65.0 Å². The molecular formula is C33H39N7O4S. The molecule has 0 bridgehead atoms. The molecule has 3 aromatic heterocycles. The Hall–Kier alpha value is -4.31. The summed E-state index contributed by atoms with van der Waals surface area (Å²) in [5.74, 6) is 0.432. The van der Waals surface area contributed by atoms with E-state index in [0.717, 1.165) is 34.3 Å². The number of thiophene rings is 1. The minimum Gasteiger partial charge on any atom is -0.443 e. The second-order valence-electron chi connectivity index (χ2n) is 12.4. The number of fused-ring (bicyclic) bond motifs is 1. The van der Waals surface area contributed by atoms with Gasteiger partial charge in [0.1, 0.15) is 11.6 Å². The Kier molecular flexibility index (Phi) is 9.82. The molecule has 0 unspecified atom stereocenters. The number of anilines is 1. The monoisotopic (exact) mass is 629 g/mol. The molecule has 45 heavy (non-hydrogen) atoms. The molecule has 1 aliphatic heterocycles. The summed E-state index contributed by atoms with van der Waals surface area (Å²) in [6.45, 7) is 10.2. The first-order chi connectivity index (χ1) is 21.6. The van der Waals surface area contributed by atoms with E-state index in [-0.39, 0.29) is 34.9 Å². The lowest BCUT2D eigenvalue weighted by atomic mass is 9.93. The van der Waals surface area contributed by atoms with Gasteiger partial charge in [-0.2, -0.15) is 5.26 Å². The zero-order valence-electron chi connectivity index (χ0n) is 26.3. The number of hydrogen-bond donors (Lipinski definition) is 2. The zero-order chi connectivity index (χ0) is 32.1. The zero-order valence-corrected chi connectivity index (χ0v) is 27.1. The van der Waals surface area contributed by atoms with Crippen molar-refractivity contribution in [3.63, 3.8) is 0 Å². The molecule has 2 N–H and O–H groups in total. The summed E-state index contributed by atoms with van der Waals surface area (Å²) in [4.78, 5) is 38.9. The van der Waals surface area contributed by atoms with Gasteiger partial charge in [-0.15, -0.1) is 11.3 Å². The predicted octanol–water partition coefficient (Wildman–Crippen LogP) is 5.62. The highest BCUT2D eigenvalue weighted by Crippen LogP contribution is 2.30. The van der Waals surface area contributed by atoms with Crippen molar-refractivity contribution in [1.29, 1.82) is 5.26 Å². The molecule has 1 aromatic carbocycles. The van der Waals surface area contributed by atoms with Gasteiger partial charge in [0, 0.05) is 32.8 Å². The Labute approximate surface area is 266 Å². The maximum absolute atomic E-state index is 13.5. The number of aromatic nitrogens is 3. The van der Waals surface area contributed by atoms with Crippen LogP contribution in [0.3, 0.4) is 0 Å². The van der Waals surface area contributed by atoms with Gasteiger partial charge in [0.25, 0.3) is 11.8 Å². The second-order valence-corrected chi connectivity index (χ2v) is 13.5. The number of imidazole rings is 1. The highest BCUT2D eigenvalue weighted by atomic mass is 32.1. The van der Waals surface area contributed by atoms with Gasteiger partial charge < -0.3 is 23.9 Å². The van der Waals surface area contributed by atoms with Crippen LogP contribution in [0.1, 0.15) is 55.8 Å². The highest BCUT2D eigenvalue weighted by Gasteiger charge is 2.32. The lowest BCUT2D eigenvalue weighted by Crippen LogP contribution is -2.39. The number of likely N-dealkylation sites (tertiary alicyclic amines) is 1. The van der Waals surface area contributed by atoms with Crippen LogP contribution in [0.15, 0.2) is 59.0 Å². The van der Waals surface area contributed by atoms with Crippen molar-refractivity contribution < 1.29 is 18.7 Å². The van der Waals surface area contributed by atoms with E-state index in [1.807, 2.05) is 49.6 Å². The number of methoxy groups -OCH3 is 1. The third-order valence-electron chi connectivity index (χ3n) is 7.57. The summed E-state index contributed by atoms with van der Waals surface area (Å²) in [6, 6.07) is 11.8. The Balaban J connectivity index is 1.45. The summed E-state index contributed by atoms with van der Waals surface area (Å²) < 4.78 is 12.6. The Morgan fingerprint density at radius 2 is 2.11 bits per heavy atom. The van der Waals surface area contributed by atoms with E-state index >= 15 is 0 Å². The SMILES string of the molecule is COC[C@@H](C)NCc1ccc2c(c1)nc(NC(=O)c1ccc(-c3cnco3)s1)n2C[C@H]1CCCN1C(=O)C(C#N)=CC(C)(C)C. The summed E-state index contributed by atoms with van der Waals surface area (Å²) in [7, 11) is 1.68. The molecule has 1 saturated heterocycles. The maximum Gasteiger partial charge on any atom is 0.268 e. The van der Waals surface area contributed by atoms with E-state index in [0.29, 0.717) is 42.8 Å². The average Bonchev–Trinajstić information content (AvgIpc) is 3.81. The Bertz CT molecular complexity index is 1730. The number of oxazole rings is 1. The minimum atomic E-state index is -0.309. The van der Waals surface area contributed by atoms with Gasteiger partial charge in [-0.3, -0.25) is 14.9 Å². The van der Waals surface area contributed by atoms with Gasteiger partial charge in [0.05, 0.1) is 39.6 Å². The second kappa shape index (κ2) is 13.8. The third kappa shape index (κ3) is 7.68. The van der Waals surface area contributed by atoms with Crippen LogP contribution in [0.4, 0.5) is 5.95 Å². The van der Waals surface area contributed by atoms with Crippen molar-refractivity contribution in [2.45, 2.75) is 65.7 Å². The number of benzene rings is 1. The highest BCUT2D eigenvalue weighted by molar-refractivity contribution is 7.17. The standard InChI is InChI=1S/C33H39N7O4S/c1-21(19-43-5)36-16-22-8-9-26-25(13-22)37-32(38-30(41)29-11-10-28(45-29)27-17-35-20-44-27)40(26)18-24-7-6-12-39(24)31(42)23(15-34)14-33(2,3)4/h8-11,13-14,17,20-21,24,36H,6-7,12,16,18-19H2,1-5H3,(H,37,38,41)/t21-,24-/m1/s1. The van der Waals surface area contributed by atoms with Crippen LogP contribution in [0.2, 0.25) is 0 Å². The summed E-state index contributed by atoms with van der Waals surface area (Å²) in [6.07, 6.45) is 6.30. The van der Waals surface area contributed by atoms with Gasteiger partial charge in [0.2, 0.25) is 5.95 Å². The lowest BCUT2D eigenvalue weighted by Gasteiger charge is -2.26. The number of allylic oxidation sites excluding steroid dienone is 1. The van der Waals surface area contributed by atoms with E-state index in [1.165, 1.54) is 17.7 Å². The molecule has 2 amide bonds. The van der Waals surface area contributed by atoms with Gasteiger partial charge in [0.15, 0.2) is 12.2 Å². The number of nitrogens with zero attached hydrogens (tertiary/aromatic N) is 5. The molecule has 0 radical (unpaired) electrons. The molecule has 4 heterocycles. The summed E-state index contributed by atoms with van der Waals surface area (Å²) in [5, 5.41) is 16.3. The fraction of sp³-hybridized carbons (Fsp3) is 0.424. The molecule has 0 spiro atoms. The average molecular weight is 630 g/mol. The van der Waals surface area contributed by atoms with E-state index < -0.39 is 0 Å². The van der Waals surface area contributed by atoms with Crippen molar-refractivity contribution in [2.24, 2.45) is 5.41 Å². The predicted molar refractivity (Wildman–Crippen MR) is 174 cm³/mol. The maximum atomic E-state index is 13.5. The molecular weight excluding hydrogens is 590 g/mol. The van der Waals surface area contributed by atoms with E-state index in [2.05, 4.69) is 28.6 Å². The van der Waals surface area contributed by atoms with E-state index in [1.54, 1.807) is 30.3 Å². The molecule has 12 heteroatoms. The van der Waals surface area contributed by atoms with Crippen molar-refractivity contribution in [3.8, 4) is 16.7 Å². The van der Waals surface area contributed by atoms with Crippen molar-refractivity contribution >= 4 is 40.1 Å². The number of carbonyl (C=O) groups is 2. The minimum absolute atomic E-state index is 0.151. The first-order valence-corrected chi connectivity index (χ1v) is 15.8. The first kappa shape index (κ1) is 32.1. The number of ether oxygens (including phenoxy) is 1. The molecule has 5 rings (SSSR count). The number of amides is 2. The van der Waals surface area contributed by atoms with E-state index in [9.17, 15) is 14.9 Å². The number of nitrogens with one attached hydrogen (secondary N) is 2. The molecule has 236 valence electrons. The van der Waals surface area contributed by atoms with Crippen molar-refractivity contribution in [1.82, 2.24) is 24.8 Å². The normalized spacial score (nSPS) is 16.2. The van der Waals surface area contributed by atoms with Gasteiger partial charge in [-0.1, -0.05) is 32.9 Å². The fourth-order valence-corrected chi connectivity index (χ4v) is 6.35. The topological polar surface area (TPSA) is 138 Å². The molecule has 1 aliphatic rings. The fourth-order valence-electron chi connectivity index (χ4n) is 5.49. The van der Waals surface area contributed by atoms with Gasteiger partial charge in [-0.05, 0) is 55.0 Å². The van der Waals surface area contributed by atoms with Crippen LogP contribution >= 0.6 is 11.3 Å². The first-order valence-electron chi connectivity index (χ1n) is 15.0. The molecule has 0 aliphatic carbocycles. The van der Waals surface area contributed by atoms with Gasteiger partial charge >= 0.3 is 0 Å². The largest absolute Gasteiger partial charge is 0.443 e. The lowest BCUT2D eigenvalue weighted by molar-refractivity contribution is -0.127. The number of carbonyl (C=O) groups excluding carboxylic acids is 2. The number of nitriles is 1. The Morgan fingerprint density at radius 1 is 1.29 bits per heavy atom. The van der Waals surface area contributed by atoms with Crippen LogP contribution < -0.4 is 10.6 Å². The van der Waals surface area contributed by atoms with Crippen LogP contribution in [0.25, 0.3) is 21.7 Å². The molecule has 1 fully saturated rings. The Morgan fingerprint density at radius 3 is 2.82 bits per heavy atom. The number of hydrogen-bond acceptors (Lipinski definition) is 9. The quantitative estimate of drug-likeness (QED) is 0.161. The summed E-state index contributed by atoms with van der Waals surface area (Å²) >= 11 is 1.30. The molecule has 2 atom stereocenters. The van der Waals surface area contributed by atoms with Crippen LogP contribution in [0.5, 0.6) is 0 Å². The third-order valence-corrected chi connectivity index (χ3v) is 8.67. The molecule has 4 aromatic rings. The smallest absolute Gasteiger partial charge is 0.268 e. The van der Waals surface area contributed by atoms with Gasteiger partial charge in [-0.25, -0.2) is 9.97 Å². The van der Waals surface area contributed by atoms with Crippen molar-refractivity contribution in [2.75, 3.05) is 25.6 Å².